The van der Waals surface area contributed by atoms with Gasteiger partial charge in [0.2, 0.25) is 5.91 Å². The largest absolute Gasteiger partial charge is 0.490 e. The van der Waals surface area contributed by atoms with Crippen LogP contribution in [-0.2, 0) is 4.79 Å². The molecule has 1 amide bonds. The van der Waals surface area contributed by atoms with Crippen LogP contribution in [0.5, 0.6) is 23.0 Å². The maximum absolute atomic E-state index is 12.5. The Morgan fingerprint density at radius 1 is 0.833 bits per heavy atom. The maximum atomic E-state index is 12.5. The molecule has 1 atom stereocenters. The van der Waals surface area contributed by atoms with Gasteiger partial charge in [-0.1, -0.05) is 6.07 Å². The molecule has 2 aliphatic heterocycles. The molecule has 4 rings (SSSR count). The zero-order valence-electron chi connectivity index (χ0n) is 16.9. The molecule has 1 N–H and O–H groups in total. The van der Waals surface area contributed by atoms with E-state index in [1.54, 1.807) is 18.2 Å². The lowest BCUT2D eigenvalue weighted by Crippen LogP contribution is -2.27. The van der Waals surface area contributed by atoms with E-state index in [2.05, 4.69) is 5.32 Å². The lowest BCUT2D eigenvalue weighted by molar-refractivity contribution is -0.121. The quantitative estimate of drug-likeness (QED) is 0.733. The Kier molecular flexibility index (Phi) is 6.07. The van der Waals surface area contributed by atoms with Crippen LogP contribution in [0.4, 0.5) is 0 Å². The summed E-state index contributed by atoms with van der Waals surface area (Å²) in [6.45, 7) is 4.11. The first-order chi connectivity index (χ1) is 14.6. The minimum Gasteiger partial charge on any atom is -0.490 e. The van der Waals surface area contributed by atoms with Gasteiger partial charge in [0.05, 0.1) is 19.3 Å². The van der Waals surface area contributed by atoms with Crippen molar-refractivity contribution in [2.24, 2.45) is 0 Å². The predicted octanol–water partition coefficient (Wildman–Crippen LogP) is 3.46. The van der Waals surface area contributed by atoms with Gasteiger partial charge in [0.25, 0.3) is 0 Å². The first-order valence-corrected chi connectivity index (χ1v) is 10.2. The molecule has 0 spiro atoms. The fraction of sp³-hybridized carbons (Fsp3) is 0.391. The number of Topliss-reactive ketones (excluding diaryl/α,β-unsaturated/α-hetero) is 1. The molecule has 0 radical (unpaired) electrons. The van der Waals surface area contributed by atoms with Gasteiger partial charge in [0.1, 0.15) is 13.2 Å². The molecule has 2 heterocycles. The summed E-state index contributed by atoms with van der Waals surface area (Å²) >= 11 is 0. The van der Waals surface area contributed by atoms with E-state index in [0.717, 1.165) is 17.7 Å². The van der Waals surface area contributed by atoms with E-state index in [-0.39, 0.29) is 30.6 Å². The maximum Gasteiger partial charge on any atom is 0.220 e. The highest BCUT2D eigenvalue weighted by Crippen LogP contribution is 2.33. The monoisotopic (exact) mass is 411 g/mol. The lowest BCUT2D eigenvalue weighted by Gasteiger charge is -2.18. The van der Waals surface area contributed by atoms with Crippen molar-refractivity contribution in [1.82, 2.24) is 5.32 Å². The molecular formula is C23H25NO6. The second kappa shape index (κ2) is 9.07. The summed E-state index contributed by atoms with van der Waals surface area (Å²) in [5, 5.41) is 2.94. The van der Waals surface area contributed by atoms with E-state index < -0.39 is 0 Å². The van der Waals surface area contributed by atoms with Gasteiger partial charge in [0.15, 0.2) is 28.8 Å². The number of fused-ring (bicyclic) bond motifs is 2. The molecule has 0 saturated carbocycles. The molecule has 0 fully saturated rings. The van der Waals surface area contributed by atoms with Gasteiger partial charge >= 0.3 is 0 Å². The third kappa shape index (κ3) is 4.67. The molecule has 158 valence electrons. The zero-order chi connectivity index (χ0) is 20.9. The van der Waals surface area contributed by atoms with Crippen LogP contribution in [0.3, 0.4) is 0 Å². The highest BCUT2D eigenvalue weighted by molar-refractivity contribution is 5.98. The third-order valence-corrected chi connectivity index (χ3v) is 5.09. The summed E-state index contributed by atoms with van der Waals surface area (Å²) in [7, 11) is 0. The van der Waals surface area contributed by atoms with Crippen LogP contribution >= 0.6 is 0 Å². The Morgan fingerprint density at radius 3 is 2.27 bits per heavy atom. The third-order valence-electron chi connectivity index (χ3n) is 5.09. The fourth-order valence-electron chi connectivity index (χ4n) is 3.43. The number of carbonyl (C=O) groups excluding carboxylic acids is 2. The van der Waals surface area contributed by atoms with Crippen molar-refractivity contribution in [3.05, 3.63) is 47.5 Å². The molecule has 30 heavy (non-hydrogen) atoms. The van der Waals surface area contributed by atoms with E-state index in [1.165, 1.54) is 0 Å². The van der Waals surface area contributed by atoms with Gasteiger partial charge < -0.3 is 24.3 Å². The van der Waals surface area contributed by atoms with Gasteiger partial charge in [-0.15, -0.1) is 0 Å². The van der Waals surface area contributed by atoms with Crippen molar-refractivity contribution in [2.45, 2.75) is 32.2 Å². The molecular weight excluding hydrogens is 386 g/mol. The second-order valence-electron chi connectivity index (χ2n) is 7.33. The van der Waals surface area contributed by atoms with Crippen LogP contribution < -0.4 is 24.3 Å². The smallest absolute Gasteiger partial charge is 0.220 e. The van der Waals surface area contributed by atoms with Crippen LogP contribution in [0, 0.1) is 0 Å². The van der Waals surface area contributed by atoms with Gasteiger partial charge in [0, 0.05) is 24.8 Å². The number of benzene rings is 2. The highest BCUT2D eigenvalue weighted by Gasteiger charge is 2.18. The van der Waals surface area contributed by atoms with E-state index >= 15 is 0 Å². The van der Waals surface area contributed by atoms with E-state index in [1.807, 2.05) is 25.1 Å². The fourth-order valence-corrected chi connectivity index (χ4v) is 3.43. The summed E-state index contributed by atoms with van der Waals surface area (Å²) in [5.74, 6) is 2.34. The molecule has 2 aromatic carbocycles. The molecule has 0 aliphatic carbocycles. The van der Waals surface area contributed by atoms with Gasteiger partial charge in [-0.25, -0.2) is 0 Å². The standard InChI is InChI=1S/C23H25NO6/c1-15(16-3-6-19-21(13-16)28-10-2-9-27-19)24-23(26)8-5-18(25)17-4-7-20-22(14-17)30-12-11-29-20/h3-4,6-7,13-15H,2,5,8-12H2,1H3,(H,24,26)/t15-/m0/s1. The Hall–Kier alpha value is -3.22. The Bertz CT molecular complexity index is 941. The van der Waals surface area contributed by atoms with Gasteiger partial charge in [-0.3, -0.25) is 9.59 Å². The van der Waals surface area contributed by atoms with Crippen molar-refractivity contribution in [1.29, 1.82) is 0 Å². The summed E-state index contributed by atoms with van der Waals surface area (Å²) in [4.78, 5) is 24.9. The van der Waals surface area contributed by atoms with E-state index in [0.29, 0.717) is 49.2 Å². The van der Waals surface area contributed by atoms with Crippen molar-refractivity contribution < 1.29 is 28.5 Å². The summed E-state index contributed by atoms with van der Waals surface area (Å²) in [6, 6.07) is 10.6. The summed E-state index contributed by atoms with van der Waals surface area (Å²) in [5.41, 5.74) is 1.44. The van der Waals surface area contributed by atoms with Crippen LogP contribution in [0.2, 0.25) is 0 Å². The second-order valence-corrected chi connectivity index (χ2v) is 7.33. The number of ketones is 1. The molecule has 7 heteroatoms. The minimum absolute atomic E-state index is 0.106. The SMILES string of the molecule is C[C@H](NC(=O)CCC(=O)c1ccc2c(c1)OCCO2)c1ccc2c(c1)OCCCO2. The van der Waals surface area contributed by atoms with Crippen molar-refractivity contribution >= 4 is 11.7 Å². The predicted molar refractivity (Wildman–Crippen MR) is 110 cm³/mol. The average molecular weight is 411 g/mol. The molecule has 0 unspecified atom stereocenters. The lowest BCUT2D eigenvalue weighted by atomic mass is 10.0. The van der Waals surface area contributed by atoms with Crippen LogP contribution in [-0.4, -0.2) is 38.1 Å². The van der Waals surface area contributed by atoms with Crippen molar-refractivity contribution in [3.63, 3.8) is 0 Å². The van der Waals surface area contributed by atoms with Gasteiger partial charge in [-0.2, -0.15) is 0 Å². The van der Waals surface area contributed by atoms with Crippen molar-refractivity contribution in [2.75, 3.05) is 26.4 Å². The summed E-state index contributed by atoms with van der Waals surface area (Å²) in [6.07, 6.45) is 1.08. The van der Waals surface area contributed by atoms with E-state index in [4.69, 9.17) is 18.9 Å². The molecule has 2 aromatic rings. The molecule has 0 bridgehead atoms. The number of ether oxygens (including phenoxy) is 4. The number of rotatable bonds is 6. The van der Waals surface area contributed by atoms with Crippen LogP contribution in [0.25, 0.3) is 0 Å². The topological polar surface area (TPSA) is 83.1 Å². The first kappa shape index (κ1) is 20.1. The number of carbonyl (C=O) groups is 2. The minimum atomic E-state index is -0.209. The Morgan fingerprint density at radius 2 is 1.47 bits per heavy atom. The van der Waals surface area contributed by atoms with E-state index in [9.17, 15) is 9.59 Å². The normalized spacial score (nSPS) is 15.6. The van der Waals surface area contributed by atoms with Crippen LogP contribution in [0.1, 0.15) is 48.1 Å². The molecule has 0 saturated heterocycles. The average Bonchev–Trinajstić information content (AvgIpc) is 3.02. The number of amides is 1. The molecule has 7 nitrogen and oxygen atoms in total. The number of hydrogen-bond acceptors (Lipinski definition) is 6. The number of hydrogen-bond donors (Lipinski definition) is 1. The van der Waals surface area contributed by atoms with Gasteiger partial charge in [-0.05, 0) is 42.8 Å². The first-order valence-electron chi connectivity index (χ1n) is 10.2. The van der Waals surface area contributed by atoms with Crippen LogP contribution in [0.15, 0.2) is 36.4 Å². The molecule has 0 aromatic heterocycles. The zero-order valence-corrected chi connectivity index (χ0v) is 16.9. The Balaban J connectivity index is 1.31. The number of nitrogens with one attached hydrogen (secondary N) is 1. The molecule has 2 aliphatic rings. The van der Waals surface area contributed by atoms with Crippen molar-refractivity contribution in [3.8, 4) is 23.0 Å². The summed E-state index contributed by atoms with van der Waals surface area (Å²) < 4.78 is 22.3. The highest BCUT2D eigenvalue weighted by atomic mass is 16.6. The Labute approximate surface area is 175 Å².